The number of hydrogen-bond acceptors (Lipinski definition) is 23. The molecule has 4 aromatic carbocycles. The zero-order chi connectivity index (χ0) is 63.5. The van der Waals surface area contributed by atoms with Gasteiger partial charge in [-0.25, -0.2) is 56.3 Å². The van der Waals surface area contributed by atoms with Gasteiger partial charge < -0.3 is 50.8 Å². The zero-order valence-corrected chi connectivity index (χ0v) is 53.7. The number of carboxylic acids is 1. The van der Waals surface area contributed by atoms with Crippen molar-refractivity contribution in [3.63, 3.8) is 0 Å². The summed E-state index contributed by atoms with van der Waals surface area (Å²) < 4.78 is 75.4. The summed E-state index contributed by atoms with van der Waals surface area (Å²) in [5.41, 5.74) is 13.1. The molecule has 0 radical (unpaired) electrons. The number of amides is 1. The Hall–Kier alpha value is -7.43. The van der Waals surface area contributed by atoms with E-state index in [4.69, 9.17) is 34.9 Å². The van der Waals surface area contributed by atoms with E-state index in [0.29, 0.717) is 39.9 Å². The van der Waals surface area contributed by atoms with Crippen molar-refractivity contribution >= 4 is 126 Å². The normalized spacial score (nSPS) is 13.4. The van der Waals surface area contributed by atoms with Crippen molar-refractivity contribution in [2.75, 3.05) is 37.1 Å². The number of carbonyl (C=O) groups is 3. The summed E-state index contributed by atoms with van der Waals surface area (Å²) in [6, 6.07) is 16.1. The maximum Gasteiger partial charge on any atom is 0.408 e. The number of rotatable bonds is 20. The first-order chi connectivity index (χ1) is 40.3. The van der Waals surface area contributed by atoms with Crippen LogP contribution < -0.4 is 31.2 Å². The molecular formula is C60H80N10O13S4. The lowest BCUT2D eigenvalue weighted by Gasteiger charge is -2.24. The molecule has 0 fully saturated rings. The number of carboxylic acid groups (broad SMARTS) is 1. The Morgan fingerprint density at radius 2 is 1.07 bits per heavy atom. The summed E-state index contributed by atoms with van der Waals surface area (Å²) in [7, 11) is -7.57. The van der Waals surface area contributed by atoms with Crippen LogP contribution in [0.4, 0.5) is 27.8 Å². The van der Waals surface area contributed by atoms with Gasteiger partial charge in [0.15, 0.2) is 19.7 Å². The van der Waals surface area contributed by atoms with Crippen LogP contribution in [0.3, 0.4) is 0 Å². The second-order valence-electron chi connectivity index (χ2n) is 23.0. The highest BCUT2D eigenvalue weighted by atomic mass is 32.2. The average Bonchev–Trinajstić information content (AvgIpc) is 1.40. The second-order valence-corrected chi connectivity index (χ2v) is 30.1. The van der Waals surface area contributed by atoms with Crippen LogP contribution in [0.2, 0.25) is 0 Å². The molecule has 23 nitrogen and oxygen atoms in total. The summed E-state index contributed by atoms with van der Waals surface area (Å²) in [6.45, 7) is 22.0. The monoisotopic (exact) mass is 1280 g/mol. The molecule has 7 N–H and O–H groups in total. The number of carbonyl (C=O) groups excluding carboxylic acids is 2. The predicted molar refractivity (Wildman–Crippen MR) is 342 cm³/mol. The average molecular weight is 1280 g/mol. The van der Waals surface area contributed by atoms with Crippen LogP contribution in [0, 0.1) is 11.8 Å². The van der Waals surface area contributed by atoms with Gasteiger partial charge in [0.05, 0.1) is 58.6 Å². The molecule has 8 rings (SSSR count). The van der Waals surface area contributed by atoms with Gasteiger partial charge >= 0.3 is 18.0 Å². The van der Waals surface area contributed by atoms with Gasteiger partial charge in [-0.2, -0.15) is 0 Å². The Labute approximate surface area is 516 Å². The number of benzene rings is 4. The number of esters is 1. The standard InChI is InChI=1S/C27H33N5O5S2.C21H22N4O4S2.C11H21NO4.CH4/c1-6-16(2)24(28)26(33)37-10-9-36-21-13-19-18(12-23(21)39(34,35)27(3,4)5)25(30-14-29-19)32-17-7-8-22-20(11-17)31-15-38-22;1-21(2,3)31(27,28)19-9-14-15(10-17(19)29-7-6-26)22-11-23-20(14)25-13-4-5-18-16(8-13)24-12-30-18;1-6-7(2)8(9(13)14)12-10(15)16-11(3,4)5;/h7-8,11-16,24H,6,9-10,28H2,1-5H3,(H,29,30,32);4-5,8-12,26H,6-7H2,1-3H3,(H,22,23,25);7-8H,6H2,1-5H3,(H,12,15)(H,13,14);1H4/t16-,24-;;7-,8-;/m0.0./s1. The lowest BCUT2D eigenvalue weighted by atomic mass is 10.00. The van der Waals surface area contributed by atoms with E-state index in [9.17, 15) is 31.2 Å². The first-order valence-electron chi connectivity index (χ1n) is 27.6. The molecule has 4 atom stereocenters. The predicted octanol–water partition coefficient (Wildman–Crippen LogP) is 11.4. The molecular weight excluding hydrogens is 1200 g/mol. The van der Waals surface area contributed by atoms with Crippen molar-refractivity contribution in [3.05, 3.63) is 84.3 Å². The highest BCUT2D eigenvalue weighted by Gasteiger charge is 2.36. The Bertz CT molecular complexity index is 3920. The summed E-state index contributed by atoms with van der Waals surface area (Å²) in [6.07, 6.45) is 3.52. The molecule has 0 aliphatic rings. The van der Waals surface area contributed by atoms with E-state index in [0.717, 1.165) is 38.2 Å². The number of sulfone groups is 2. The number of hydrogen-bond donors (Lipinski definition) is 6. The molecule has 4 aromatic heterocycles. The van der Waals surface area contributed by atoms with Crippen molar-refractivity contribution in [2.45, 2.75) is 147 Å². The third kappa shape index (κ3) is 17.9. The number of fused-ring (bicyclic) bond motifs is 4. The third-order valence-corrected chi connectivity index (χ3v) is 20.0. The number of nitrogens with one attached hydrogen (secondary N) is 3. The first kappa shape index (κ1) is 70.3. The van der Waals surface area contributed by atoms with Crippen LogP contribution in [0.15, 0.2) is 94.1 Å². The van der Waals surface area contributed by atoms with Gasteiger partial charge in [-0.05, 0) is 123 Å². The number of alkyl carbamates (subject to hydrolysis) is 1. The molecule has 0 aliphatic heterocycles. The number of anilines is 4. The SMILES string of the molecule is C.CC(C)(C)S(=O)(=O)c1cc2c(Nc3ccc4scnc4c3)ncnc2cc1OCCO.CC[C@H](C)[C@H](N)C(=O)OCCOc1cc2ncnc(Nc3ccc4scnc4c3)c2cc1S(=O)(=O)C(C)(C)C.CC[C@H](C)[C@H](NC(=O)OC(C)(C)C)C(=O)O. The van der Waals surface area contributed by atoms with Crippen LogP contribution in [0.5, 0.6) is 11.5 Å². The fraction of sp³-hybridized carbons (Fsp3) is 0.450. The van der Waals surface area contributed by atoms with E-state index >= 15 is 0 Å². The second kappa shape index (κ2) is 29.5. The molecule has 472 valence electrons. The summed E-state index contributed by atoms with van der Waals surface area (Å²) in [4.78, 5) is 60.6. The summed E-state index contributed by atoms with van der Waals surface area (Å²) in [5.74, 6) is -0.525. The minimum Gasteiger partial charge on any atom is -0.490 e. The van der Waals surface area contributed by atoms with E-state index in [2.05, 4.69) is 45.9 Å². The molecule has 4 heterocycles. The lowest BCUT2D eigenvalue weighted by Crippen LogP contribution is -2.46. The van der Waals surface area contributed by atoms with Crippen molar-refractivity contribution in [3.8, 4) is 11.5 Å². The molecule has 0 bridgehead atoms. The Kier molecular flexibility index (Phi) is 23.9. The number of thiazole rings is 2. The van der Waals surface area contributed by atoms with Crippen LogP contribution in [-0.4, -0.2) is 129 Å². The van der Waals surface area contributed by atoms with E-state index in [-0.39, 0.29) is 67.0 Å². The van der Waals surface area contributed by atoms with Gasteiger partial charge in [0, 0.05) is 34.3 Å². The largest absolute Gasteiger partial charge is 0.490 e. The Morgan fingerprint density at radius 3 is 1.47 bits per heavy atom. The topological polar surface area (TPSA) is 336 Å². The van der Waals surface area contributed by atoms with Gasteiger partial charge in [0.25, 0.3) is 0 Å². The molecule has 0 saturated heterocycles. The first-order valence-corrected chi connectivity index (χ1v) is 32.3. The number of ether oxygens (including phenoxy) is 4. The fourth-order valence-corrected chi connectivity index (χ4v) is 11.9. The van der Waals surface area contributed by atoms with Gasteiger partial charge in [-0.15, -0.1) is 22.7 Å². The quantitative estimate of drug-likeness (QED) is 0.0305. The van der Waals surface area contributed by atoms with E-state index < -0.39 is 64.9 Å². The maximum atomic E-state index is 13.6. The molecule has 27 heteroatoms. The molecule has 1 amide bonds. The number of aromatic nitrogens is 6. The van der Waals surface area contributed by atoms with Gasteiger partial charge in [-0.3, -0.25) is 4.79 Å². The Morgan fingerprint density at radius 1 is 0.621 bits per heavy atom. The van der Waals surface area contributed by atoms with Crippen LogP contribution in [0.1, 0.15) is 110 Å². The zero-order valence-electron chi connectivity index (χ0n) is 50.4. The Balaban J connectivity index is 0.000000257. The fourth-order valence-electron chi connectivity index (χ4n) is 7.93. The van der Waals surface area contributed by atoms with Gasteiger partial charge in [0.2, 0.25) is 0 Å². The summed E-state index contributed by atoms with van der Waals surface area (Å²) >= 11 is 3.10. The maximum absolute atomic E-state index is 13.6. The smallest absolute Gasteiger partial charge is 0.408 e. The van der Waals surface area contributed by atoms with Gasteiger partial charge in [0.1, 0.15) is 83.1 Å². The van der Waals surface area contributed by atoms with Crippen LogP contribution in [-0.2, 0) is 38.7 Å². The van der Waals surface area contributed by atoms with E-state index in [1.54, 1.807) is 115 Å². The number of aliphatic hydroxyl groups is 1. The van der Waals surface area contributed by atoms with E-state index in [1.165, 1.54) is 24.8 Å². The number of aliphatic hydroxyl groups excluding tert-OH is 1. The molecule has 0 aliphatic carbocycles. The van der Waals surface area contributed by atoms with Crippen molar-refractivity contribution < 1.29 is 60.4 Å². The molecule has 8 aromatic rings. The molecule has 0 saturated carbocycles. The number of aliphatic carboxylic acids is 1. The summed E-state index contributed by atoms with van der Waals surface area (Å²) in [5, 5.41) is 28.0. The molecule has 0 unspecified atom stereocenters. The van der Waals surface area contributed by atoms with Gasteiger partial charge in [-0.1, -0.05) is 48.0 Å². The minimum absolute atomic E-state index is 0. The van der Waals surface area contributed by atoms with Crippen LogP contribution in [0.25, 0.3) is 42.2 Å². The highest BCUT2D eigenvalue weighted by molar-refractivity contribution is 7.93. The van der Waals surface area contributed by atoms with Crippen molar-refractivity contribution in [1.29, 1.82) is 0 Å². The van der Waals surface area contributed by atoms with Crippen molar-refractivity contribution in [1.82, 2.24) is 35.2 Å². The lowest BCUT2D eigenvalue weighted by molar-refractivity contribution is -0.147. The number of nitrogens with two attached hydrogens (primary N) is 1. The highest BCUT2D eigenvalue weighted by Crippen LogP contribution is 2.39. The van der Waals surface area contributed by atoms with Crippen LogP contribution >= 0.6 is 22.7 Å². The number of nitrogens with zero attached hydrogens (tertiary/aromatic N) is 6. The van der Waals surface area contributed by atoms with E-state index in [1.807, 2.05) is 57.2 Å². The van der Waals surface area contributed by atoms with Crippen molar-refractivity contribution in [2.24, 2.45) is 17.6 Å². The minimum atomic E-state index is -3.84. The third-order valence-electron chi connectivity index (χ3n) is 13.4. The molecule has 87 heavy (non-hydrogen) atoms. The molecule has 0 spiro atoms.